The number of rotatable bonds is 0. The molecule has 12 heavy (non-hydrogen) atoms. The second-order valence-corrected chi connectivity index (χ2v) is 4.77. The number of likely N-dealkylation sites (N-methyl/N-ethyl adjacent to an activating group) is 2. The van der Waals surface area contributed by atoms with E-state index in [-0.39, 0.29) is 11.0 Å². The predicted molar refractivity (Wildman–Crippen MR) is 47.6 cm³/mol. The van der Waals surface area contributed by atoms with Crippen LogP contribution in [0.15, 0.2) is 0 Å². The van der Waals surface area contributed by atoms with Gasteiger partial charge in [-0.2, -0.15) is 0 Å². The fourth-order valence-corrected chi connectivity index (χ4v) is 1.31. The molecule has 0 aliphatic carbocycles. The van der Waals surface area contributed by atoms with Gasteiger partial charge in [-0.1, -0.05) is 0 Å². The number of quaternary nitrogens is 2. The smallest absolute Gasteiger partial charge is 0.128 e. The van der Waals surface area contributed by atoms with Gasteiger partial charge in [0.15, 0.2) is 0 Å². The van der Waals surface area contributed by atoms with Gasteiger partial charge in [-0.3, -0.25) is 0 Å². The second-order valence-electron chi connectivity index (χ2n) is 4.77. The summed E-state index contributed by atoms with van der Waals surface area (Å²) in [4.78, 5) is 0. The number of hydrogen-bond acceptors (Lipinski definition) is 2. The molecule has 0 amide bonds. The lowest BCUT2D eigenvalue weighted by Gasteiger charge is -2.42. The zero-order valence-corrected chi connectivity index (χ0v) is 8.62. The van der Waals surface area contributed by atoms with Crippen LogP contribution in [-0.4, -0.2) is 74.3 Å². The summed E-state index contributed by atoms with van der Waals surface area (Å²) in [7, 11) is 9.27. The van der Waals surface area contributed by atoms with E-state index in [0.717, 1.165) is 0 Å². The Balaban J connectivity index is 0. The SMILES string of the molecule is C[N+]1(C)CC[N+](C)(C)CC1.[OH-].[OH-]. The van der Waals surface area contributed by atoms with Crippen LogP contribution < -0.4 is 0 Å². The summed E-state index contributed by atoms with van der Waals surface area (Å²) in [6.07, 6.45) is 0. The highest BCUT2D eigenvalue weighted by Gasteiger charge is 2.30. The monoisotopic (exact) mass is 178 g/mol. The Kier molecular flexibility index (Phi) is 5.01. The second kappa shape index (κ2) is 4.18. The Labute approximate surface area is 75.2 Å². The van der Waals surface area contributed by atoms with Crippen molar-refractivity contribution in [3.63, 3.8) is 0 Å². The van der Waals surface area contributed by atoms with Gasteiger partial charge in [-0.15, -0.1) is 0 Å². The Morgan fingerprint density at radius 1 is 0.583 bits per heavy atom. The van der Waals surface area contributed by atoms with Gasteiger partial charge in [0.2, 0.25) is 0 Å². The molecule has 4 heteroatoms. The van der Waals surface area contributed by atoms with Gasteiger partial charge in [-0.05, 0) is 0 Å². The van der Waals surface area contributed by atoms with Gasteiger partial charge in [0.1, 0.15) is 26.2 Å². The molecule has 1 fully saturated rings. The summed E-state index contributed by atoms with van der Waals surface area (Å²) in [6, 6.07) is 0. The molecule has 1 heterocycles. The molecule has 1 saturated heterocycles. The maximum atomic E-state index is 2.32. The Hall–Kier alpha value is -0.160. The molecule has 76 valence electrons. The van der Waals surface area contributed by atoms with Crippen LogP contribution in [0.25, 0.3) is 0 Å². The van der Waals surface area contributed by atoms with E-state index in [0.29, 0.717) is 0 Å². The van der Waals surface area contributed by atoms with Crippen molar-refractivity contribution in [2.45, 2.75) is 0 Å². The minimum absolute atomic E-state index is 0. The van der Waals surface area contributed by atoms with Crippen molar-refractivity contribution in [1.29, 1.82) is 0 Å². The minimum Gasteiger partial charge on any atom is -0.870 e. The van der Waals surface area contributed by atoms with Crippen molar-refractivity contribution >= 4 is 0 Å². The molecule has 0 unspecified atom stereocenters. The summed E-state index contributed by atoms with van der Waals surface area (Å²) in [5.74, 6) is 0. The van der Waals surface area contributed by atoms with Gasteiger partial charge in [0, 0.05) is 0 Å². The van der Waals surface area contributed by atoms with E-state index in [1.54, 1.807) is 0 Å². The lowest BCUT2D eigenvalue weighted by atomic mass is 10.2. The molecule has 0 radical (unpaired) electrons. The van der Waals surface area contributed by atoms with Crippen LogP contribution >= 0.6 is 0 Å². The Bertz CT molecular complexity index is 107. The molecule has 0 bridgehead atoms. The molecule has 1 aliphatic heterocycles. The van der Waals surface area contributed by atoms with Crippen molar-refractivity contribution in [3.05, 3.63) is 0 Å². The van der Waals surface area contributed by atoms with Gasteiger partial charge in [-0.25, -0.2) is 0 Å². The molecule has 1 rings (SSSR count). The Morgan fingerprint density at radius 3 is 0.917 bits per heavy atom. The normalized spacial score (nSPS) is 25.0. The maximum Gasteiger partial charge on any atom is 0.128 e. The van der Waals surface area contributed by atoms with Crippen molar-refractivity contribution in [2.75, 3.05) is 54.4 Å². The summed E-state index contributed by atoms with van der Waals surface area (Å²) in [6.45, 7) is 5.31. The van der Waals surface area contributed by atoms with Crippen LogP contribution in [0.3, 0.4) is 0 Å². The highest BCUT2D eigenvalue weighted by atomic mass is 16.0. The standard InChI is InChI=1S/C8H20N2.2H2O/c1-9(2)5-7-10(3,4)8-6-9;;/h5-8H2,1-4H3;2*1H2/q+2;;/p-2. The van der Waals surface area contributed by atoms with Crippen LogP contribution in [0.2, 0.25) is 0 Å². The molecular formula is C8H22N2O2. The predicted octanol–water partition coefficient (Wildman–Crippen LogP) is -0.201. The first-order valence-corrected chi connectivity index (χ1v) is 4.05. The van der Waals surface area contributed by atoms with E-state index in [4.69, 9.17) is 0 Å². The third kappa shape index (κ3) is 4.01. The fourth-order valence-electron chi connectivity index (χ4n) is 1.31. The van der Waals surface area contributed by atoms with Crippen molar-refractivity contribution < 1.29 is 19.9 Å². The highest BCUT2D eigenvalue weighted by molar-refractivity contribution is 4.43. The minimum atomic E-state index is 0. The summed E-state index contributed by atoms with van der Waals surface area (Å²) in [5.41, 5.74) is 0. The van der Waals surface area contributed by atoms with Gasteiger partial charge >= 0.3 is 0 Å². The van der Waals surface area contributed by atoms with Crippen molar-refractivity contribution in [1.82, 2.24) is 0 Å². The molecule has 0 aromatic rings. The lowest BCUT2D eigenvalue weighted by Crippen LogP contribution is -2.60. The summed E-state index contributed by atoms with van der Waals surface area (Å²) >= 11 is 0. The van der Waals surface area contributed by atoms with Crippen LogP contribution in [0, 0.1) is 0 Å². The highest BCUT2D eigenvalue weighted by Crippen LogP contribution is 2.09. The Morgan fingerprint density at radius 2 is 0.750 bits per heavy atom. The van der Waals surface area contributed by atoms with E-state index < -0.39 is 0 Å². The third-order valence-corrected chi connectivity index (χ3v) is 2.62. The molecule has 4 nitrogen and oxygen atoms in total. The molecule has 0 spiro atoms. The molecule has 0 aromatic carbocycles. The number of piperazine rings is 1. The van der Waals surface area contributed by atoms with Gasteiger partial charge < -0.3 is 19.9 Å². The largest absolute Gasteiger partial charge is 0.870 e. The van der Waals surface area contributed by atoms with E-state index in [9.17, 15) is 0 Å². The first-order chi connectivity index (χ1) is 4.41. The summed E-state index contributed by atoms with van der Waals surface area (Å²) < 4.78 is 2.42. The average Bonchev–Trinajstić information content (AvgIpc) is 1.79. The van der Waals surface area contributed by atoms with E-state index in [2.05, 4.69) is 28.2 Å². The molecule has 0 saturated carbocycles. The first kappa shape index (κ1) is 14.4. The average molecular weight is 178 g/mol. The molecule has 1 aliphatic rings. The van der Waals surface area contributed by atoms with Crippen molar-refractivity contribution in [3.8, 4) is 0 Å². The van der Waals surface area contributed by atoms with Gasteiger partial charge in [0.25, 0.3) is 0 Å². The zero-order chi connectivity index (χ0) is 7.83. The van der Waals surface area contributed by atoms with Crippen LogP contribution in [-0.2, 0) is 0 Å². The molecule has 0 atom stereocenters. The third-order valence-electron chi connectivity index (χ3n) is 2.62. The van der Waals surface area contributed by atoms with E-state index >= 15 is 0 Å². The topological polar surface area (TPSA) is 60.0 Å². The first-order valence-electron chi connectivity index (χ1n) is 4.05. The molecule has 2 N–H and O–H groups in total. The molecule has 0 aromatic heterocycles. The van der Waals surface area contributed by atoms with Crippen LogP contribution in [0.1, 0.15) is 0 Å². The number of nitrogens with zero attached hydrogens (tertiary/aromatic N) is 2. The van der Waals surface area contributed by atoms with Crippen LogP contribution in [0.5, 0.6) is 0 Å². The number of hydrogen-bond donors (Lipinski definition) is 0. The molecular weight excluding hydrogens is 156 g/mol. The van der Waals surface area contributed by atoms with E-state index in [1.165, 1.54) is 35.1 Å². The zero-order valence-electron chi connectivity index (χ0n) is 8.62. The van der Waals surface area contributed by atoms with Gasteiger partial charge in [0.05, 0.1) is 28.2 Å². The van der Waals surface area contributed by atoms with Crippen molar-refractivity contribution in [2.24, 2.45) is 0 Å². The van der Waals surface area contributed by atoms with E-state index in [1.807, 2.05) is 0 Å². The lowest BCUT2D eigenvalue weighted by molar-refractivity contribution is -0.998. The quantitative estimate of drug-likeness (QED) is 0.482. The summed E-state index contributed by atoms with van der Waals surface area (Å²) in [5, 5.41) is 0. The maximum absolute atomic E-state index is 2.32. The fraction of sp³-hybridized carbons (Fsp3) is 1.00. The van der Waals surface area contributed by atoms with Crippen LogP contribution in [0.4, 0.5) is 0 Å².